The van der Waals surface area contributed by atoms with Crippen LogP contribution in [0.3, 0.4) is 0 Å². The summed E-state index contributed by atoms with van der Waals surface area (Å²) in [5, 5.41) is 0. The molecule has 0 saturated carbocycles. The Morgan fingerprint density at radius 2 is 0.500 bits per heavy atom. The van der Waals surface area contributed by atoms with E-state index in [9.17, 15) is 0 Å². The van der Waals surface area contributed by atoms with Gasteiger partial charge in [-0.15, -0.1) is 0 Å². The molecular weight excluding hydrogens is 1100 g/mol. The zero-order valence-corrected chi connectivity index (χ0v) is 56.9. The van der Waals surface area contributed by atoms with Gasteiger partial charge in [-0.25, -0.2) is 19.9 Å². The topological polar surface area (TPSA) is 115 Å². The second-order valence-corrected chi connectivity index (χ2v) is 24.2. The van der Waals surface area contributed by atoms with Gasteiger partial charge in [0, 0.05) is 49.7 Å². The van der Waals surface area contributed by atoms with E-state index in [4.69, 9.17) is 19.9 Å². The average Bonchev–Trinajstić information content (AvgIpc) is 1.77. The van der Waals surface area contributed by atoms with E-state index < -0.39 is 0 Å². The van der Waals surface area contributed by atoms with Gasteiger partial charge in [-0.1, -0.05) is 134 Å². The summed E-state index contributed by atoms with van der Waals surface area (Å²) in [6, 6.07) is 22.5. The van der Waals surface area contributed by atoms with Crippen LogP contribution in [0.1, 0.15) is 274 Å². The Kier molecular flexibility index (Phi) is 18.9. The Bertz CT molecular complexity index is 4530. The first kappa shape index (κ1) is 63.1. The minimum atomic E-state index is 0.826. The van der Waals surface area contributed by atoms with Crippen LogP contribution in [0, 0.1) is 23.7 Å². The third kappa shape index (κ3) is 11.0. The fourth-order valence-electron chi connectivity index (χ4n) is 15.5. The summed E-state index contributed by atoms with van der Waals surface area (Å²) < 4.78 is 0. The quantitative estimate of drug-likeness (QED) is 0.0722. The molecule has 0 amide bonds. The number of aromatic nitrogens is 8. The number of aryl methyl sites for hydroxylation is 8. The highest BCUT2D eigenvalue weighted by molar-refractivity contribution is 6.01. The number of aromatic amines is 4. The molecule has 0 radical (unpaired) electrons. The number of fused-ring (bicyclic) bond motifs is 16. The summed E-state index contributed by atoms with van der Waals surface area (Å²) in [4.78, 5) is 38.4. The first-order valence-electron chi connectivity index (χ1n) is 34.5. The fourth-order valence-corrected chi connectivity index (χ4v) is 15.5. The maximum Gasteiger partial charge on any atom is 0.0851 e. The molecule has 11 rings (SSSR count). The fraction of sp³-hybridized carbons (Fsp3) is 0.390. The number of benzene rings is 1. The predicted octanol–water partition coefficient (Wildman–Crippen LogP) is 21.2. The molecule has 6 aromatic heterocycles. The number of allylic oxidation sites excluding steroid dienone is 8. The van der Waals surface area contributed by atoms with Crippen molar-refractivity contribution in [3.05, 3.63) is 173 Å². The van der Waals surface area contributed by atoms with Crippen LogP contribution >= 0.6 is 0 Å². The maximum atomic E-state index is 5.68. The molecule has 90 heavy (non-hydrogen) atoms. The van der Waals surface area contributed by atoms with E-state index >= 15 is 0 Å². The van der Waals surface area contributed by atoms with Crippen molar-refractivity contribution in [1.82, 2.24) is 39.9 Å². The van der Waals surface area contributed by atoms with E-state index in [-0.39, 0.29) is 0 Å². The Balaban J connectivity index is 1.14. The Labute approximate surface area is 535 Å². The largest absolute Gasteiger partial charge is 0.355 e. The van der Waals surface area contributed by atoms with Gasteiger partial charge in [0.15, 0.2) is 0 Å². The van der Waals surface area contributed by atoms with Gasteiger partial charge in [-0.05, 0) is 252 Å². The number of nitrogens with zero attached hydrogens (tertiary/aromatic N) is 4. The van der Waals surface area contributed by atoms with Crippen molar-refractivity contribution < 1.29 is 0 Å². The first-order valence-corrected chi connectivity index (χ1v) is 34.5. The Morgan fingerprint density at radius 1 is 0.244 bits per heavy atom. The van der Waals surface area contributed by atoms with Crippen LogP contribution in [0.25, 0.3) is 88.7 Å². The summed E-state index contributed by atoms with van der Waals surface area (Å²) in [5.41, 5.74) is 41.6. The molecule has 10 heterocycles. The number of hydrogen-bond donors (Lipinski definition) is 4. The molecule has 0 spiro atoms. The Morgan fingerprint density at radius 3 is 0.833 bits per heavy atom. The van der Waals surface area contributed by atoms with Gasteiger partial charge >= 0.3 is 0 Å². The standard InChI is InChI=1S/C82H94N8/c1-17-49-53(21-5)71-43-75-57(25-9)61(29-13)79(87-75)65(80-62(30-14)58(26-10)76(88-80)44-72-54(22-6)50(18-2)68(84-72)41-67(49)83-71)39-37-47-33-35-48(36-34-47)38-40-66-81-63(31-15)59(27-11)77(89-81)45-73-55(23-7)51(19-3)69(85-73)42-70-52(20-4)56(24-8)74(86-70)46-78-60(28-12)64(32-16)82(66)90-78/h33-36,41-46,83-85,89H,17-32H2,1-16H3. The molecule has 8 heteroatoms. The molecule has 8 nitrogen and oxygen atoms in total. The molecule has 0 fully saturated rings. The van der Waals surface area contributed by atoms with Crippen LogP contribution in [0.2, 0.25) is 0 Å². The lowest BCUT2D eigenvalue weighted by Gasteiger charge is -2.08. The predicted molar refractivity (Wildman–Crippen MR) is 385 cm³/mol. The van der Waals surface area contributed by atoms with Gasteiger partial charge in [0.25, 0.3) is 0 Å². The van der Waals surface area contributed by atoms with E-state index in [2.05, 4.69) is 215 Å². The summed E-state index contributed by atoms with van der Waals surface area (Å²) in [6.45, 7) is 36.4. The highest BCUT2D eigenvalue weighted by Gasteiger charge is 2.29. The number of hydrogen-bond acceptors (Lipinski definition) is 4. The second kappa shape index (κ2) is 26.9. The van der Waals surface area contributed by atoms with Gasteiger partial charge in [-0.2, -0.15) is 0 Å². The van der Waals surface area contributed by atoms with Crippen LogP contribution < -0.4 is 0 Å². The molecule has 4 aliphatic rings. The van der Waals surface area contributed by atoms with Crippen molar-refractivity contribution >= 4 is 88.7 Å². The molecule has 0 atom stereocenters. The molecule has 0 unspecified atom stereocenters. The van der Waals surface area contributed by atoms with E-state index in [1.54, 1.807) is 0 Å². The highest BCUT2D eigenvalue weighted by Crippen LogP contribution is 2.44. The number of H-pyrrole nitrogens is 4. The van der Waals surface area contributed by atoms with Crippen molar-refractivity contribution in [2.75, 3.05) is 0 Å². The van der Waals surface area contributed by atoms with Crippen LogP contribution in [-0.4, -0.2) is 39.9 Å². The molecule has 7 aromatic rings. The monoisotopic (exact) mass is 1190 g/mol. The SMILES string of the molecule is CCC1=C(CC)c2cc3[nH]c(cc4[nH]c(c(C#Cc5ccc(C#Cc6c7nc(cc8[nH]c(cc9[nH]c(cc%10nc6C(CC)=C%10CC)c(CC)c9CC)c(CC)c8CC)C(CC)=C7CC)cc5)c5nc(cc1n2)C(CC)=C5CC)c(CC)c4CC)c(CC)c3CC. The minimum Gasteiger partial charge on any atom is -0.355 e. The summed E-state index contributed by atoms with van der Waals surface area (Å²) in [6.07, 6.45) is 14.1. The highest BCUT2D eigenvalue weighted by atomic mass is 14.8. The summed E-state index contributed by atoms with van der Waals surface area (Å²) >= 11 is 0. The molecule has 0 aliphatic carbocycles. The van der Waals surface area contributed by atoms with Gasteiger partial charge in [0.1, 0.15) is 0 Å². The molecular formula is C82H94N8. The molecule has 16 bridgehead atoms. The van der Waals surface area contributed by atoms with Crippen molar-refractivity contribution in [2.24, 2.45) is 0 Å². The molecule has 4 aliphatic heterocycles. The van der Waals surface area contributed by atoms with E-state index in [1.165, 1.54) is 100 Å². The van der Waals surface area contributed by atoms with Crippen LogP contribution in [0.15, 0.2) is 60.7 Å². The number of rotatable bonds is 16. The van der Waals surface area contributed by atoms with Gasteiger partial charge in [0.05, 0.1) is 62.2 Å². The molecule has 1 aromatic carbocycles. The molecule has 4 N–H and O–H groups in total. The first-order chi connectivity index (χ1) is 43.9. The van der Waals surface area contributed by atoms with Crippen molar-refractivity contribution in [2.45, 2.75) is 214 Å². The minimum absolute atomic E-state index is 0.826. The van der Waals surface area contributed by atoms with Crippen LogP contribution in [-0.2, 0) is 51.4 Å². The maximum absolute atomic E-state index is 5.68. The van der Waals surface area contributed by atoms with E-state index in [0.717, 1.165) is 204 Å². The average molecular weight is 1190 g/mol. The summed E-state index contributed by atoms with van der Waals surface area (Å²) in [7, 11) is 0. The van der Waals surface area contributed by atoms with Crippen molar-refractivity contribution in [3.8, 4) is 23.7 Å². The smallest absolute Gasteiger partial charge is 0.0851 e. The second-order valence-electron chi connectivity index (χ2n) is 24.2. The van der Waals surface area contributed by atoms with E-state index in [0.29, 0.717) is 0 Å². The van der Waals surface area contributed by atoms with Crippen LogP contribution in [0.4, 0.5) is 0 Å². The normalized spacial score (nSPS) is 13.2. The third-order valence-corrected chi connectivity index (χ3v) is 19.8. The summed E-state index contributed by atoms with van der Waals surface area (Å²) in [5.74, 6) is 15.1. The molecule has 462 valence electrons. The van der Waals surface area contributed by atoms with Gasteiger partial charge in [-0.3, -0.25) is 0 Å². The zero-order valence-electron chi connectivity index (χ0n) is 56.9. The van der Waals surface area contributed by atoms with Gasteiger partial charge in [0.2, 0.25) is 0 Å². The van der Waals surface area contributed by atoms with Crippen LogP contribution in [0.5, 0.6) is 0 Å². The lowest BCUT2D eigenvalue weighted by atomic mass is 9.93. The Hall–Kier alpha value is -8.46. The number of nitrogens with one attached hydrogen (secondary N) is 4. The van der Waals surface area contributed by atoms with Crippen molar-refractivity contribution in [1.29, 1.82) is 0 Å². The zero-order chi connectivity index (χ0) is 63.7. The van der Waals surface area contributed by atoms with E-state index in [1.807, 2.05) is 0 Å². The third-order valence-electron chi connectivity index (χ3n) is 19.8. The lowest BCUT2D eigenvalue weighted by molar-refractivity contribution is 1.07. The van der Waals surface area contributed by atoms with Crippen molar-refractivity contribution in [3.63, 3.8) is 0 Å². The molecule has 0 saturated heterocycles. The van der Waals surface area contributed by atoms with Gasteiger partial charge < -0.3 is 19.9 Å². The lowest BCUT2D eigenvalue weighted by Crippen LogP contribution is -1.95.